The number of sulfonamides is 1. The van der Waals surface area contributed by atoms with Gasteiger partial charge in [0.25, 0.3) is 5.91 Å². The van der Waals surface area contributed by atoms with E-state index < -0.39 is 10.0 Å². The molecule has 26 heavy (non-hydrogen) atoms. The topological polar surface area (TPSA) is 105 Å². The van der Waals surface area contributed by atoms with Crippen LogP contribution in [0.15, 0.2) is 41.4 Å². The van der Waals surface area contributed by atoms with Gasteiger partial charge in [-0.2, -0.15) is 5.10 Å². The molecule has 1 fully saturated rings. The molecule has 3 rings (SSSR count). The maximum atomic E-state index is 12.5. The molecule has 0 radical (unpaired) electrons. The Bertz CT molecular complexity index is 872. The zero-order valence-corrected chi connectivity index (χ0v) is 15.4. The van der Waals surface area contributed by atoms with Crippen LogP contribution in [-0.4, -0.2) is 49.8 Å². The van der Waals surface area contributed by atoms with E-state index in [4.69, 9.17) is 0 Å². The van der Waals surface area contributed by atoms with Crippen molar-refractivity contribution < 1.29 is 13.2 Å². The van der Waals surface area contributed by atoms with Crippen LogP contribution in [0, 0.1) is 0 Å². The van der Waals surface area contributed by atoms with E-state index in [0.717, 1.165) is 25.2 Å². The summed E-state index contributed by atoms with van der Waals surface area (Å²) in [7, 11) is -1.87. The first-order valence-corrected chi connectivity index (χ1v) is 10.0. The van der Waals surface area contributed by atoms with E-state index >= 15 is 0 Å². The first-order valence-electron chi connectivity index (χ1n) is 8.54. The summed E-state index contributed by atoms with van der Waals surface area (Å²) in [5.41, 5.74) is 1.28. The van der Waals surface area contributed by atoms with Crippen molar-refractivity contribution in [2.24, 2.45) is 7.05 Å². The second kappa shape index (κ2) is 7.98. The molecule has 1 aliphatic heterocycles. The fourth-order valence-corrected chi connectivity index (χ4v) is 3.97. The van der Waals surface area contributed by atoms with Crippen LogP contribution in [0.1, 0.15) is 22.5 Å². The molecule has 2 heterocycles. The van der Waals surface area contributed by atoms with Crippen molar-refractivity contribution in [2.75, 3.05) is 19.6 Å². The van der Waals surface area contributed by atoms with Crippen LogP contribution in [-0.2, 0) is 23.5 Å². The summed E-state index contributed by atoms with van der Waals surface area (Å²) in [6.45, 7) is 1.87. The summed E-state index contributed by atoms with van der Waals surface area (Å²) in [5.74, 6) is -0.259. The smallest absolute Gasteiger partial charge is 0.251 e. The Morgan fingerprint density at radius 1 is 1.38 bits per heavy atom. The van der Waals surface area contributed by atoms with Crippen LogP contribution >= 0.6 is 0 Å². The monoisotopic (exact) mass is 377 g/mol. The molecule has 0 spiro atoms. The van der Waals surface area contributed by atoms with Crippen LogP contribution in [0.3, 0.4) is 0 Å². The van der Waals surface area contributed by atoms with Gasteiger partial charge in [-0.1, -0.05) is 6.07 Å². The minimum Gasteiger partial charge on any atom is -0.348 e. The molecular weight excluding hydrogens is 354 g/mol. The highest BCUT2D eigenvalue weighted by atomic mass is 32.2. The number of carbonyl (C=O) groups is 1. The molecule has 1 aromatic heterocycles. The molecule has 9 heteroatoms. The van der Waals surface area contributed by atoms with Crippen molar-refractivity contribution in [3.63, 3.8) is 0 Å². The predicted octanol–water partition coefficient (Wildman–Crippen LogP) is 0.0328. The first-order chi connectivity index (χ1) is 12.5. The van der Waals surface area contributed by atoms with Gasteiger partial charge in [-0.05, 0) is 37.2 Å². The van der Waals surface area contributed by atoms with E-state index in [1.54, 1.807) is 23.0 Å². The van der Waals surface area contributed by atoms with E-state index in [1.165, 1.54) is 12.1 Å². The van der Waals surface area contributed by atoms with Gasteiger partial charge in [0, 0.05) is 50.1 Å². The molecule has 8 nitrogen and oxygen atoms in total. The Kier molecular flexibility index (Phi) is 5.70. The maximum Gasteiger partial charge on any atom is 0.251 e. The lowest BCUT2D eigenvalue weighted by atomic mass is 10.2. The molecule has 140 valence electrons. The lowest BCUT2D eigenvalue weighted by Crippen LogP contribution is -2.36. The number of aromatic nitrogens is 2. The Labute approximate surface area is 153 Å². The zero-order chi connectivity index (χ0) is 18.6. The van der Waals surface area contributed by atoms with E-state index in [2.05, 4.69) is 20.5 Å². The van der Waals surface area contributed by atoms with Crippen LogP contribution < -0.4 is 15.4 Å². The van der Waals surface area contributed by atoms with Crippen molar-refractivity contribution in [3.05, 3.63) is 47.8 Å². The summed E-state index contributed by atoms with van der Waals surface area (Å²) in [4.78, 5) is 12.4. The molecule has 1 aliphatic rings. The summed E-state index contributed by atoms with van der Waals surface area (Å²) < 4.78 is 29.3. The lowest BCUT2D eigenvalue weighted by molar-refractivity contribution is 0.0940. The van der Waals surface area contributed by atoms with Crippen LogP contribution in [0.5, 0.6) is 0 Å². The van der Waals surface area contributed by atoms with Crippen molar-refractivity contribution in [3.8, 4) is 0 Å². The lowest BCUT2D eigenvalue weighted by Gasteiger charge is -2.12. The second-order valence-electron chi connectivity index (χ2n) is 6.28. The molecule has 1 atom stereocenters. The minimum absolute atomic E-state index is 0.0831. The van der Waals surface area contributed by atoms with Gasteiger partial charge in [-0.3, -0.25) is 9.48 Å². The highest BCUT2D eigenvalue weighted by Gasteiger charge is 2.20. The van der Waals surface area contributed by atoms with Crippen LogP contribution in [0.2, 0.25) is 0 Å². The van der Waals surface area contributed by atoms with E-state index in [0.29, 0.717) is 12.0 Å². The summed E-state index contributed by atoms with van der Waals surface area (Å²) >= 11 is 0. The molecule has 2 aromatic rings. The molecule has 3 N–H and O–H groups in total. The fraction of sp³-hybridized carbons (Fsp3) is 0.412. The number of aryl methyl sites for hydroxylation is 1. The number of hydrogen-bond acceptors (Lipinski definition) is 5. The maximum absolute atomic E-state index is 12.5. The van der Waals surface area contributed by atoms with Crippen LogP contribution in [0.4, 0.5) is 0 Å². The molecular formula is C17H23N5O3S. The van der Waals surface area contributed by atoms with Gasteiger partial charge < -0.3 is 10.6 Å². The second-order valence-corrected chi connectivity index (χ2v) is 8.05. The number of carbonyl (C=O) groups excluding carboxylic acids is 1. The van der Waals surface area contributed by atoms with Gasteiger partial charge in [0.15, 0.2) is 0 Å². The van der Waals surface area contributed by atoms with Gasteiger partial charge in [0.1, 0.15) is 0 Å². The summed E-state index contributed by atoms with van der Waals surface area (Å²) in [6.07, 6.45) is 3.08. The van der Waals surface area contributed by atoms with Gasteiger partial charge in [0.05, 0.1) is 4.90 Å². The van der Waals surface area contributed by atoms with Crippen molar-refractivity contribution in [1.82, 2.24) is 25.1 Å². The fourth-order valence-electron chi connectivity index (χ4n) is 2.89. The molecule has 0 aliphatic carbocycles. The first kappa shape index (κ1) is 18.6. The highest BCUT2D eigenvalue weighted by Crippen LogP contribution is 2.12. The quantitative estimate of drug-likeness (QED) is 0.632. The van der Waals surface area contributed by atoms with Gasteiger partial charge in [0.2, 0.25) is 10.0 Å². The van der Waals surface area contributed by atoms with Crippen molar-refractivity contribution in [2.45, 2.75) is 23.8 Å². The molecule has 0 bridgehead atoms. The molecule has 0 saturated carbocycles. The Hall–Kier alpha value is -2.23. The Morgan fingerprint density at radius 2 is 2.23 bits per heavy atom. The van der Waals surface area contributed by atoms with E-state index in [9.17, 15) is 13.2 Å². The third kappa shape index (κ3) is 4.48. The number of amides is 1. The van der Waals surface area contributed by atoms with Gasteiger partial charge >= 0.3 is 0 Å². The van der Waals surface area contributed by atoms with E-state index in [1.807, 2.05) is 13.1 Å². The van der Waals surface area contributed by atoms with Crippen molar-refractivity contribution in [1.29, 1.82) is 0 Å². The third-order valence-corrected chi connectivity index (χ3v) is 5.86. The van der Waals surface area contributed by atoms with Gasteiger partial charge in [-0.25, -0.2) is 13.1 Å². The predicted molar refractivity (Wildman–Crippen MR) is 97.3 cm³/mol. The standard InChI is InChI=1S/C17H23N5O3S/c1-22-15(6-9-19-22)7-10-20-26(24,25)16-4-2-3-13(11-16)17(23)21-14-5-8-18-12-14/h2-4,6,9,11,14,18,20H,5,7-8,10,12H2,1H3,(H,21,23)/t14-/m0/s1. The normalized spacial score (nSPS) is 17.3. The minimum atomic E-state index is -3.68. The summed E-state index contributed by atoms with van der Waals surface area (Å²) in [6, 6.07) is 8.02. The number of hydrogen-bond donors (Lipinski definition) is 3. The zero-order valence-electron chi connectivity index (χ0n) is 14.6. The number of benzene rings is 1. The van der Waals surface area contributed by atoms with Crippen LogP contribution in [0.25, 0.3) is 0 Å². The number of nitrogens with one attached hydrogen (secondary N) is 3. The molecule has 1 saturated heterocycles. The average molecular weight is 377 g/mol. The number of rotatable bonds is 7. The molecule has 1 amide bonds. The molecule has 1 aromatic carbocycles. The Balaban J connectivity index is 1.63. The largest absolute Gasteiger partial charge is 0.348 e. The van der Waals surface area contributed by atoms with Gasteiger partial charge in [-0.15, -0.1) is 0 Å². The molecule has 0 unspecified atom stereocenters. The number of nitrogens with zero attached hydrogens (tertiary/aromatic N) is 2. The van der Waals surface area contributed by atoms with Crippen molar-refractivity contribution >= 4 is 15.9 Å². The summed E-state index contributed by atoms with van der Waals surface area (Å²) in [5, 5.41) is 10.1. The SMILES string of the molecule is Cn1nccc1CCNS(=O)(=O)c1cccc(C(=O)N[C@H]2CCNC2)c1. The van der Waals surface area contributed by atoms with E-state index in [-0.39, 0.29) is 23.4 Å². The average Bonchev–Trinajstić information content (AvgIpc) is 3.27. The Morgan fingerprint density at radius 3 is 2.92 bits per heavy atom. The highest BCUT2D eigenvalue weighted by molar-refractivity contribution is 7.89. The third-order valence-electron chi connectivity index (χ3n) is 4.40.